The quantitative estimate of drug-likeness (QED) is 0.836. The fourth-order valence-electron chi connectivity index (χ4n) is 2.03. The van der Waals surface area contributed by atoms with E-state index in [0.717, 1.165) is 12.8 Å². The van der Waals surface area contributed by atoms with E-state index in [1.165, 1.54) is 24.3 Å². The topological polar surface area (TPSA) is 53.3 Å². The second-order valence-corrected chi connectivity index (χ2v) is 4.53. The average molecular weight is 262 g/mol. The number of nitrogens with zero attached hydrogens (tertiary/aromatic N) is 2. The number of amides is 1. The summed E-state index contributed by atoms with van der Waals surface area (Å²) < 4.78 is 18.0. The van der Waals surface area contributed by atoms with Crippen molar-refractivity contribution in [2.75, 3.05) is 19.7 Å². The SMILES string of the molecule is N#CC1CCN(C(=O)COc2ccc(F)cc2)CC1. The summed E-state index contributed by atoms with van der Waals surface area (Å²) >= 11 is 0. The van der Waals surface area contributed by atoms with Crippen LogP contribution in [0.25, 0.3) is 0 Å². The van der Waals surface area contributed by atoms with Crippen molar-refractivity contribution in [2.45, 2.75) is 12.8 Å². The molecule has 0 aromatic heterocycles. The van der Waals surface area contributed by atoms with E-state index < -0.39 is 0 Å². The van der Waals surface area contributed by atoms with Gasteiger partial charge in [-0.15, -0.1) is 0 Å². The first-order valence-corrected chi connectivity index (χ1v) is 6.25. The molecule has 1 amide bonds. The van der Waals surface area contributed by atoms with Gasteiger partial charge >= 0.3 is 0 Å². The molecule has 5 heteroatoms. The van der Waals surface area contributed by atoms with Crippen molar-refractivity contribution in [3.63, 3.8) is 0 Å². The highest BCUT2D eigenvalue weighted by molar-refractivity contribution is 5.77. The number of carbonyl (C=O) groups excluding carboxylic acids is 1. The fourth-order valence-corrected chi connectivity index (χ4v) is 2.03. The fraction of sp³-hybridized carbons (Fsp3) is 0.429. The lowest BCUT2D eigenvalue weighted by Crippen LogP contribution is -2.40. The molecule has 0 saturated carbocycles. The number of ether oxygens (including phenoxy) is 1. The average Bonchev–Trinajstić information content (AvgIpc) is 2.46. The van der Waals surface area contributed by atoms with Crippen LogP contribution in [0.4, 0.5) is 4.39 Å². The van der Waals surface area contributed by atoms with E-state index in [2.05, 4.69) is 6.07 Å². The van der Waals surface area contributed by atoms with Gasteiger partial charge in [-0.25, -0.2) is 4.39 Å². The molecule has 1 fully saturated rings. The van der Waals surface area contributed by atoms with Crippen LogP contribution in [0.15, 0.2) is 24.3 Å². The Morgan fingerprint density at radius 2 is 2.00 bits per heavy atom. The first-order valence-electron chi connectivity index (χ1n) is 6.25. The third kappa shape index (κ3) is 3.68. The molecule has 0 aliphatic carbocycles. The number of rotatable bonds is 3. The Bertz CT molecular complexity index is 473. The van der Waals surface area contributed by atoms with Crippen LogP contribution >= 0.6 is 0 Å². The largest absolute Gasteiger partial charge is 0.484 e. The normalized spacial score (nSPS) is 15.9. The van der Waals surface area contributed by atoms with Gasteiger partial charge < -0.3 is 9.64 Å². The molecule has 1 aliphatic heterocycles. The molecule has 1 aromatic rings. The van der Waals surface area contributed by atoms with Gasteiger partial charge in [0, 0.05) is 19.0 Å². The van der Waals surface area contributed by atoms with Gasteiger partial charge in [0.05, 0.1) is 6.07 Å². The van der Waals surface area contributed by atoms with Crippen LogP contribution in [0.2, 0.25) is 0 Å². The minimum absolute atomic E-state index is 0.0527. The van der Waals surface area contributed by atoms with E-state index in [1.807, 2.05) is 0 Å². The highest BCUT2D eigenvalue weighted by Crippen LogP contribution is 2.16. The second-order valence-electron chi connectivity index (χ2n) is 4.53. The molecule has 4 nitrogen and oxygen atoms in total. The molecule has 2 rings (SSSR count). The Morgan fingerprint density at radius 3 is 2.58 bits per heavy atom. The maximum atomic E-state index is 12.7. The van der Waals surface area contributed by atoms with Gasteiger partial charge in [-0.3, -0.25) is 4.79 Å². The van der Waals surface area contributed by atoms with Crippen LogP contribution in [0.1, 0.15) is 12.8 Å². The molecule has 19 heavy (non-hydrogen) atoms. The lowest BCUT2D eigenvalue weighted by atomic mass is 9.99. The van der Waals surface area contributed by atoms with E-state index in [9.17, 15) is 9.18 Å². The van der Waals surface area contributed by atoms with Crippen LogP contribution in [0, 0.1) is 23.1 Å². The molecule has 1 aliphatic rings. The highest BCUT2D eigenvalue weighted by atomic mass is 19.1. The third-order valence-corrected chi connectivity index (χ3v) is 3.21. The Balaban J connectivity index is 1.79. The highest BCUT2D eigenvalue weighted by Gasteiger charge is 2.22. The number of benzene rings is 1. The Morgan fingerprint density at radius 1 is 1.37 bits per heavy atom. The van der Waals surface area contributed by atoms with Crippen molar-refractivity contribution in [3.05, 3.63) is 30.1 Å². The zero-order valence-corrected chi connectivity index (χ0v) is 10.5. The van der Waals surface area contributed by atoms with Gasteiger partial charge in [-0.2, -0.15) is 5.26 Å². The molecule has 0 N–H and O–H groups in total. The first kappa shape index (κ1) is 13.3. The predicted molar refractivity (Wildman–Crippen MR) is 66.8 cm³/mol. The maximum absolute atomic E-state index is 12.7. The molecule has 1 aromatic carbocycles. The molecular formula is C14H15FN2O2. The number of hydrogen-bond acceptors (Lipinski definition) is 3. The summed E-state index contributed by atoms with van der Waals surface area (Å²) in [6.07, 6.45) is 1.44. The number of piperidine rings is 1. The van der Waals surface area contributed by atoms with Crippen molar-refractivity contribution < 1.29 is 13.9 Å². The van der Waals surface area contributed by atoms with Crippen LogP contribution in [0.3, 0.4) is 0 Å². The van der Waals surface area contributed by atoms with E-state index in [-0.39, 0.29) is 24.2 Å². The van der Waals surface area contributed by atoms with Crippen molar-refractivity contribution in [1.29, 1.82) is 5.26 Å². The molecule has 100 valence electrons. The number of carbonyl (C=O) groups is 1. The number of nitriles is 1. The first-order chi connectivity index (χ1) is 9.19. The number of likely N-dealkylation sites (tertiary alicyclic amines) is 1. The molecule has 1 heterocycles. The minimum Gasteiger partial charge on any atom is -0.484 e. The molecule has 0 atom stereocenters. The minimum atomic E-state index is -0.336. The van der Waals surface area contributed by atoms with Gasteiger partial charge in [0.25, 0.3) is 5.91 Å². The lowest BCUT2D eigenvalue weighted by molar-refractivity contribution is -0.134. The van der Waals surface area contributed by atoms with E-state index in [1.54, 1.807) is 4.90 Å². The zero-order chi connectivity index (χ0) is 13.7. The molecular weight excluding hydrogens is 247 g/mol. The number of hydrogen-bond donors (Lipinski definition) is 0. The van der Waals surface area contributed by atoms with Crippen LogP contribution in [-0.2, 0) is 4.79 Å². The summed E-state index contributed by atoms with van der Waals surface area (Å²) in [6.45, 7) is 1.15. The predicted octanol–water partition coefficient (Wildman–Crippen LogP) is 1.97. The van der Waals surface area contributed by atoms with E-state index in [4.69, 9.17) is 10.00 Å². The van der Waals surface area contributed by atoms with Gasteiger partial charge in [0.15, 0.2) is 6.61 Å². The summed E-state index contributed by atoms with van der Waals surface area (Å²) in [5, 5.41) is 8.78. The summed E-state index contributed by atoms with van der Waals surface area (Å²) in [5.74, 6) is 0.0988. The van der Waals surface area contributed by atoms with Crippen molar-refractivity contribution in [1.82, 2.24) is 4.90 Å². The van der Waals surface area contributed by atoms with Crippen molar-refractivity contribution >= 4 is 5.91 Å². The van der Waals surface area contributed by atoms with Crippen molar-refractivity contribution in [3.8, 4) is 11.8 Å². The second kappa shape index (κ2) is 6.19. The van der Waals surface area contributed by atoms with Gasteiger partial charge in [0.1, 0.15) is 11.6 Å². The van der Waals surface area contributed by atoms with Gasteiger partial charge in [-0.05, 0) is 37.1 Å². The Hall–Kier alpha value is -2.09. The Labute approximate surface area is 111 Å². The zero-order valence-electron chi connectivity index (χ0n) is 10.5. The summed E-state index contributed by atoms with van der Waals surface area (Å²) in [7, 11) is 0. The van der Waals surface area contributed by atoms with E-state index in [0.29, 0.717) is 18.8 Å². The summed E-state index contributed by atoms with van der Waals surface area (Å²) in [6, 6.07) is 7.78. The summed E-state index contributed by atoms with van der Waals surface area (Å²) in [4.78, 5) is 13.6. The molecule has 0 spiro atoms. The number of halogens is 1. The maximum Gasteiger partial charge on any atom is 0.260 e. The van der Waals surface area contributed by atoms with Crippen LogP contribution in [0.5, 0.6) is 5.75 Å². The van der Waals surface area contributed by atoms with Crippen LogP contribution < -0.4 is 4.74 Å². The lowest BCUT2D eigenvalue weighted by Gasteiger charge is -2.29. The van der Waals surface area contributed by atoms with Crippen LogP contribution in [-0.4, -0.2) is 30.5 Å². The monoisotopic (exact) mass is 262 g/mol. The third-order valence-electron chi connectivity index (χ3n) is 3.21. The smallest absolute Gasteiger partial charge is 0.260 e. The van der Waals surface area contributed by atoms with Gasteiger partial charge in [-0.1, -0.05) is 0 Å². The molecule has 0 radical (unpaired) electrons. The Kier molecular flexibility index (Phi) is 4.35. The summed E-state index contributed by atoms with van der Waals surface area (Å²) in [5.41, 5.74) is 0. The molecule has 0 unspecified atom stereocenters. The van der Waals surface area contributed by atoms with E-state index >= 15 is 0 Å². The van der Waals surface area contributed by atoms with Gasteiger partial charge in [0.2, 0.25) is 0 Å². The standard InChI is InChI=1S/C14H15FN2O2/c15-12-1-3-13(4-2-12)19-10-14(18)17-7-5-11(9-16)6-8-17/h1-4,11H,5-8,10H2. The molecule has 0 bridgehead atoms. The molecule has 1 saturated heterocycles. The van der Waals surface area contributed by atoms with Crippen molar-refractivity contribution in [2.24, 2.45) is 5.92 Å².